The van der Waals surface area contributed by atoms with E-state index in [1.165, 1.54) is 9.35 Å². The third-order valence-corrected chi connectivity index (χ3v) is 5.03. The quantitative estimate of drug-likeness (QED) is 0.701. The van der Waals surface area contributed by atoms with Crippen LogP contribution in [0, 0.1) is 5.41 Å². The summed E-state index contributed by atoms with van der Waals surface area (Å²) in [6.07, 6.45) is 2.20. The summed E-state index contributed by atoms with van der Waals surface area (Å²) in [7, 11) is 0. The van der Waals surface area contributed by atoms with Crippen LogP contribution in [-0.2, 0) is 6.42 Å². The molecule has 0 saturated carbocycles. The summed E-state index contributed by atoms with van der Waals surface area (Å²) in [5.41, 5.74) is 0.245. The summed E-state index contributed by atoms with van der Waals surface area (Å²) in [4.78, 5) is 1.41. The molecule has 1 aromatic heterocycles. The van der Waals surface area contributed by atoms with Crippen LogP contribution in [0.4, 0.5) is 0 Å². The van der Waals surface area contributed by atoms with E-state index < -0.39 is 0 Å². The van der Waals surface area contributed by atoms with Crippen molar-refractivity contribution in [3.8, 4) is 0 Å². The SMILES string of the molecule is CCC(C)(CCl)Cc1sccc1Br. The van der Waals surface area contributed by atoms with Gasteiger partial charge in [0.15, 0.2) is 0 Å². The highest BCUT2D eigenvalue weighted by Crippen LogP contribution is 2.33. The van der Waals surface area contributed by atoms with Crippen LogP contribution >= 0.6 is 38.9 Å². The molecule has 0 amide bonds. The number of rotatable bonds is 4. The number of hydrogen-bond acceptors (Lipinski definition) is 1. The van der Waals surface area contributed by atoms with Crippen molar-refractivity contribution in [2.75, 3.05) is 5.88 Å². The molecule has 0 fully saturated rings. The third kappa shape index (κ3) is 2.97. The van der Waals surface area contributed by atoms with Crippen molar-refractivity contribution in [3.05, 3.63) is 20.8 Å². The maximum Gasteiger partial charge on any atom is 0.0314 e. The predicted molar refractivity (Wildman–Crippen MR) is 64.8 cm³/mol. The Hall–Kier alpha value is 0.470. The van der Waals surface area contributed by atoms with E-state index in [-0.39, 0.29) is 5.41 Å². The molecular formula is C10H14BrClS. The number of thiophene rings is 1. The molecule has 1 atom stereocenters. The van der Waals surface area contributed by atoms with Gasteiger partial charge in [-0.15, -0.1) is 22.9 Å². The van der Waals surface area contributed by atoms with E-state index in [9.17, 15) is 0 Å². The van der Waals surface area contributed by atoms with Crippen LogP contribution in [-0.4, -0.2) is 5.88 Å². The van der Waals surface area contributed by atoms with Gasteiger partial charge in [-0.05, 0) is 45.6 Å². The van der Waals surface area contributed by atoms with Gasteiger partial charge in [-0.1, -0.05) is 13.8 Å². The summed E-state index contributed by atoms with van der Waals surface area (Å²) < 4.78 is 1.22. The summed E-state index contributed by atoms with van der Waals surface area (Å²) >= 11 is 11.3. The zero-order valence-electron chi connectivity index (χ0n) is 7.94. The second-order valence-corrected chi connectivity index (χ2v) is 5.79. The number of hydrogen-bond donors (Lipinski definition) is 0. The first-order valence-corrected chi connectivity index (χ1v) is 6.60. The smallest absolute Gasteiger partial charge is 0.0314 e. The molecule has 0 saturated heterocycles. The van der Waals surface area contributed by atoms with Crippen molar-refractivity contribution in [2.24, 2.45) is 5.41 Å². The Bertz CT molecular complexity index is 266. The minimum Gasteiger partial charge on any atom is -0.148 e. The highest BCUT2D eigenvalue weighted by atomic mass is 79.9. The monoisotopic (exact) mass is 280 g/mol. The van der Waals surface area contributed by atoms with Crippen LogP contribution in [0.1, 0.15) is 25.1 Å². The van der Waals surface area contributed by atoms with Crippen molar-refractivity contribution in [1.82, 2.24) is 0 Å². The highest BCUT2D eigenvalue weighted by Gasteiger charge is 2.22. The Morgan fingerprint density at radius 1 is 1.62 bits per heavy atom. The van der Waals surface area contributed by atoms with Gasteiger partial charge in [0.2, 0.25) is 0 Å². The molecule has 0 nitrogen and oxygen atoms in total. The van der Waals surface area contributed by atoms with Gasteiger partial charge in [-0.25, -0.2) is 0 Å². The predicted octanol–water partition coefficient (Wildman–Crippen LogP) is 4.71. The molecule has 0 aromatic carbocycles. The van der Waals surface area contributed by atoms with E-state index in [2.05, 4.69) is 41.2 Å². The number of halogens is 2. The van der Waals surface area contributed by atoms with Gasteiger partial charge in [-0.2, -0.15) is 0 Å². The van der Waals surface area contributed by atoms with Crippen molar-refractivity contribution in [2.45, 2.75) is 26.7 Å². The third-order valence-electron chi connectivity index (χ3n) is 2.45. The summed E-state index contributed by atoms with van der Waals surface area (Å²) in [6, 6.07) is 2.10. The molecule has 1 unspecified atom stereocenters. The molecule has 13 heavy (non-hydrogen) atoms. The second kappa shape index (κ2) is 4.81. The molecule has 0 aliphatic carbocycles. The fourth-order valence-corrected chi connectivity index (χ4v) is 3.10. The van der Waals surface area contributed by atoms with E-state index in [1.54, 1.807) is 11.3 Å². The van der Waals surface area contributed by atoms with Crippen molar-refractivity contribution < 1.29 is 0 Å². The molecule has 74 valence electrons. The summed E-state index contributed by atoms with van der Waals surface area (Å²) in [5.74, 6) is 0.730. The standard InChI is InChI=1S/C10H14BrClS/c1-3-10(2,7-12)6-9-8(11)4-5-13-9/h4-5H,3,6-7H2,1-2H3. The fourth-order valence-electron chi connectivity index (χ4n) is 1.11. The second-order valence-electron chi connectivity index (χ2n) is 3.67. The van der Waals surface area contributed by atoms with Gasteiger partial charge in [0.25, 0.3) is 0 Å². The molecular weight excluding hydrogens is 268 g/mol. The molecule has 1 aromatic rings. The average Bonchev–Trinajstić information content (AvgIpc) is 2.52. The number of alkyl halides is 1. The molecule has 0 aliphatic heterocycles. The van der Waals surface area contributed by atoms with Crippen LogP contribution in [0.15, 0.2) is 15.9 Å². The van der Waals surface area contributed by atoms with Gasteiger partial charge in [0.05, 0.1) is 0 Å². The maximum atomic E-state index is 5.97. The van der Waals surface area contributed by atoms with E-state index in [4.69, 9.17) is 11.6 Å². The molecule has 3 heteroatoms. The first kappa shape index (κ1) is 11.5. The van der Waals surface area contributed by atoms with E-state index in [1.807, 2.05) is 0 Å². The minimum atomic E-state index is 0.245. The van der Waals surface area contributed by atoms with Gasteiger partial charge < -0.3 is 0 Å². The van der Waals surface area contributed by atoms with Crippen molar-refractivity contribution >= 4 is 38.9 Å². The zero-order valence-corrected chi connectivity index (χ0v) is 11.1. The fraction of sp³-hybridized carbons (Fsp3) is 0.600. The summed E-state index contributed by atoms with van der Waals surface area (Å²) in [5, 5.41) is 2.11. The van der Waals surface area contributed by atoms with Crippen molar-refractivity contribution in [1.29, 1.82) is 0 Å². The first-order valence-electron chi connectivity index (χ1n) is 4.39. The van der Waals surface area contributed by atoms with Crippen LogP contribution in [0.2, 0.25) is 0 Å². The summed E-state index contributed by atoms with van der Waals surface area (Å²) in [6.45, 7) is 4.44. The Labute approximate surface area is 97.4 Å². The molecule has 1 rings (SSSR count). The van der Waals surface area contributed by atoms with E-state index >= 15 is 0 Å². The molecule has 0 bridgehead atoms. The lowest BCUT2D eigenvalue weighted by molar-refractivity contribution is 0.358. The van der Waals surface area contributed by atoms with Crippen LogP contribution in [0.25, 0.3) is 0 Å². The first-order chi connectivity index (χ1) is 6.11. The Balaban J connectivity index is 2.73. The van der Waals surface area contributed by atoms with E-state index in [0.29, 0.717) is 0 Å². The van der Waals surface area contributed by atoms with Gasteiger partial charge in [0, 0.05) is 15.2 Å². The zero-order chi connectivity index (χ0) is 9.90. The van der Waals surface area contributed by atoms with Crippen LogP contribution in [0.5, 0.6) is 0 Å². The lowest BCUT2D eigenvalue weighted by Gasteiger charge is -2.24. The molecule has 0 N–H and O–H groups in total. The average molecular weight is 282 g/mol. The van der Waals surface area contributed by atoms with Gasteiger partial charge >= 0.3 is 0 Å². The Kier molecular flexibility index (Phi) is 4.27. The maximum absolute atomic E-state index is 5.97. The highest BCUT2D eigenvalue weighted by molar-refractivity contribution is 9.10. The molecule has 0 spiro atoms. The Morgan fingerprint density at radius 3 is 2.69 bits per heavy atom. The van der Waals surface area contributed by atoms with Crippen LogP contribution < -0.4 is 0 Å². The molecule has 0 aliphatic rings. The van der Waals surface area contributed by atoms with Gasteiger partial charge in [0.1, 0.15) is 0 Å². The Morgan fingerprint density at radius 2 is 2.31 bits per heavy atom. The molecule has 1 heterocycles. The normalized spacial score (nSPS) is 15.7. The van der Waals surface area contributed by atoms with Crippen molar-refractivity contribution in [3.63, 3.8) is 0 Å². The largest absolute Gasteiger partial charge is 0.148 e. The topological polar surface area (TPSA) is 0 Å². The van der Waals surface area contributed by atoms with Gasteiger partial charge in [-0.3, -0.25) is 0 Å². The lowest BCUT2D eigenvalue weighted by atomic mass is 9.86. The minimum absolute atomic E-state index is 0.245. The van der Waals surface area contributed by atoms with E-state index in [0.717, 1.165) is 18.7 Å². The molecule has 0 radical (unpaired) electrons. The van der Waals surface area contributed by atoms with Crippen LogP contribution in [0.3, 0.4) is 0 Å². The lowest BCUT2D eigenvalue weighted by Crippen LogP contribution is -2.20.